The number of carbonyl (C=O) groups is 2. The molecule has 3 rings (SSSR count). The number of para-hydroxylation sites is 1. The Labute approximate surface area is 183 Å². The van der Waals surface area contributed by atoms with Crippen LogP contribution in [0.15, 0.2) is 73.1 Å². The third-order valence-corrected chi connectivity index (χ3v) is 4.86. The van der Waals surface area contributed by atoms with Crippen molar-refractivity contribution < 1.29 is 9.59 Å². The Morgan fingerprint density at radius 2 is 1.61 bits per heavy atom. The van der Waals surface area contributed by atoms with E-state index in [1.807, 2.05) is 74.8 Å². The number of nitrogens with one attached hydrogen (secondary N) is 1. The molecule has 0 aliphatic carbocycles. The van der Waals surface area contributed by atoms with E-state index in [2.05, 4.69) is 20.1 Å². The predicted octanol–water partition coefficient (Wildman–Crippen LogP) is 4.36. The van der Waals surface area contributed by atoms with E-state index in [1.54, 1.807) is 12.4 Å². The lowest BCUT2D eigenvalue weighted by atomic mass is 10.0. The summed E-state index contributed by atoms with van der Waals surface area (Å²) in [6.45, 7) is 3.04. The number of pyridine rings is 1. The molecule has 0 aliphatic rings. The van der Waals surface area contributed by atoms with Crippen LogP contribution in [0.5, 0.6) is 0 Å². The van der Waals surface area contributed by atoms with Crippen molar-refractivity contribution in [3.05, 3.63) is 84.2 Å². The van der Waals surface area contributed by atoms with Crippen LogP contribution in [0, 0.1) is 0 Å². The Balaban J connectivity index is 2.07. The summed E-state index contributed by atoms with van der Waals surface area (Å²) in [5, 5.41) is 2.86. The molecule has 3 aromatic rings. The molecule has 6 heteroatoms. The summed E-state index contributed by atoms with van der Waals surface area (Å²) in [5.74, 6) is -0.208. The van der Waals surface area contributed by atoms with Crippen LogP contribution >= 0.6 is 0 Å². The van der Waals surface area contributed by atoms with Crippen molar-refractivity contribution >= 4 is 28.8 Å². The number of anilines is 3. The van der Waals surface area contributed by atoms with Crippen LogP contribution in [0.1, 0.15) is 29.3 Å². The van der Waals surface area contributed by atoms with Crippen molar-refractivity contribution in [2.75, 3.05) is 37.4 Å². The van der Waals surface area contributed by atoms with Crippen molar-refractivity contribution in [2.24, 2.45) is 0 Å². The van der Waals surface area contributed by atoms with Crippen molar-refractivity contribution in [1.82, 2.24) is 9.88 Å². The highest BCUT2D eigenvalue weighted by Crippen LogP contribution is 2.34. The highest BCUT2D eigenvalue weighted by Gasteiger charge is 2.21. The van der Waals surface area contributed by atoms with Gasteiger partial charge in [-0.25, -0.2) is 0 Å². The second-order valence-electron chi connectivity index (χ2n) is 7.59. The molecular weight excluding hydrogens is 388 g/mol. The van der Waals surface area contributed by atoms with Crippen LogP contribution in [0.4, 0.5) is 17.1 Å². The summed E-state index contributed by atoms with van der Waals surface area (Å²) in [6.07, 6.45) is 4.21. The molecule has 0 unspecified atom stereocenters. The highest BCUT2D eigenvalue weighted by atomic mass is 16.1. The van der Waals surface area contributed by atoms with Gasteiger partial charge in [0.1, 0.15) is 0 Å². The van der Waals surface area contributed by atoms with Crippen LogP contribution in [0.3, 0.4) is 0 Å². The molecule has 1 amide bonds. The highest BCUT2D eigenvalue weighted by molar-refractivity contribution is 6.13. The van der Waals surface area contributed by atoms with Crippen LogP contribution in [-0.4, -0.2) is 48.8 Å². The van der Waals surface area contributed by atoms with Crippen molar-refractivity contribution in [3.63, 3.8) is 0 Å². The fraction of sp³-hybridized carbons (Fsp3) is 0.240. The van der Waals surface area contributed by atoms with E-state index in [4.69, 9.17) is 0 Å². The average molecular weight is 417 g/mol. The Morgan fingerprint density at radius 3 is 2.32 bits per heavy atom. The van der Waals surface area contributed by atoms with E-state index in [-0.39, 0.29) is 11.7 Å². The Kier molecular flexibility index (Phi) is 7.51. The first-order valence-electron chi connectivity index (χ1n) is 10.3. The first kappa shape index (κ1) is 22.2. The first-order valence-corrected chi connectivity index (χ1v) is 10.3. The van der Waals surface area contributed by atoms with Gasteiger partial charge >= 0.3 is 0 Å². The van der Waals surface area contributed by atoms with E-state index in [0.717, 1.165) is 24.3 Å². The first-order chi connectivity index (χ1) is 15.0. The monoisotopic (exact) mass is 416 g/mol. The van der Waals surface area contributed by atoms with Gasteiger partial charge in [-0.05, 0) is 45.3 Å². The summed E-state index contributed by atoms with van der Waals surface area (Å²) in [7, 11) is 4.07. The van der Waals surface area contributed by atoms with E-state index < -0.39 is 0 Å². The average Bonchev–Trinajstić information content (AvgIpc) is 2.77. The largest absolute Gasteiger partial charge is 0.339 e. The lowest BCUT2D eigenvalue weighted by Gasteiger charge is -2.29. The van der Waals surface area contributed by atoms with E-state index in [9.17, 15) is 9.59 Å². The molecule has 1 heterocycles. The maximum absolute atomic E-state index is 13.3. The van der Waals surface area contributed by atoms with Crippen molar-refractivity contribution in [2.45, 2.75) is 13.3 Å². The number of nitrogens with zero attached hydrogens (tertiary/aromatic N) is 3. The second kappa shape index (κ2) is 10.5. The molecule has 0 saturated carbocycles. The van der Waals surface area contributed by atoms with Crippen molar-refractivity contribution in [3.8, 4) is 0 Å². The normalized spacial score (nSPS) is 10.7. The van der Waals surface area contributed by atoms with Crippen LogP contribution in [0.2, 0.25) is 0 Å². The van der Waals surface area contributed by atoms with Gasteiger partial charge in [-0.2, -0.15) is 0 Å². The summed E-state index contributed by atoms with van der Waals surface area (Å²) in [6, 6.07) is 18.7. The molecule has 31 heavy (non-hydrogen) atoms. The summed E-state index contributed by atoms with van der Waals surface area (Å²) in [4.78, 5) is 33.5. The topological polar surface area (TPSA) is 65.5 Å². The minimum absolute atomic E-state index is 0.0380. The molecule has 1 N–H and O–H groups in total. The van der Waals surface area contributed by atoms with Gasteiger partial charge in [0.25, 0.3) is 0 Å². The lowest BCUT2D eigenvalue weighted by molar-refractivity contribution is -0.114. The molecule has 1 aromatic heterocycles. The molecule has 0 aliphatic heterocycles. The molecule has 0 spiro atoms. The van der Waals surface area contributed by atoms with E-state index >= 15 is 0 Å². The minimum atomic E-state index is -0.170. The second-order valence-corrected chi connectivity index (χ2v) is 7.59. The third-order valence-electron chi connectivity index (χ3n) is 4.86. The van der Waals surface area contributed by atoms with Gasteiger partial charge in [0.2, 0.25) is 5.91 Å². The summed E-state index contributed by atoms with van der Waals surface area (Å²) >= 11 is 0. The Hall–Kier alpha value is -3.51. The fourth-order valence-electron chi connectivity index (χ4n) is 3.47. The number of ketones is 1. The summed E-state index contributed by atoms with van der Waals surface area (Å²) < 4.78 is 0. The maximum Gasteiger partial charge on any atom is 0.221 e. The Bertz CT molecular complexity index is 1030. The van der Waals surface area contributed by atoms with Crippen LogP contribution in [-0.2, 0) is 4.79 Å². The molecule has 0 atom stereocenters. The number of amides is 1. The molecule has 0 fully saturated rings. The summed E-state index contributed by atoms with van der Waals surface area (Å²) in [5.41, 5.74) is 3.47. The standard InChI is InChI=1S/C25H28N4O2/c1-19(30)27-22-18-26-15-14-24(22)29(17-9-16-28(2)3)23-13-8-7-12-21(23)25(31)20-10-5-4-6-11-20/h4-8,10-15,18H,9,16-17H2,1-3H3,(H,27,30). The molecule has 0 bridgehead atoms. The van der Waals surface area contributed by atoms with Crippen LogP contribution in [0.25, 0.3) is 0 Å². The zero-order valence-electron chi connectivity index (χ0n) is 18.2. The van der Waals surface area contributed by atoms with E-state index in [1.165, 1.54) is 6.92 Å². The lowest BCUT2D eigenvalue weighted by Crippen LogP contribution is -2.26. The zero-order chi connectivity index (χ0) is 22.2. The molecular formula is C25H28N4O2. The number of carbonyl (C=O) groups excluding carboxylic acids is 2. The molecule has 0 radical (unpaired) electrons. The van der Waals surface area contributed by atoms with Crippen molar-refractivity contribution in [1.29, 1.82) is 0 Å². The van der Waals surface area contributed by atoms with E-state index in [0.29, 0.717) is 23.4 Å². The smallest absolute Gasteiger partial charge is 0.221 e. The molecule has 0 saturated heterocycles. The third kappa shape index (κ3) is 5.77. The van der Waals surface area contributed by atoms with Gasteiger partial charge in [-0.3, -0.25) is 14.6 Å². The van der Waals surface area contributed by atoms with Gasteiger partial charge in [0, 0.05) is 30.8 Å². The molecule has 6 nitrogen and oxygen atoms in total. The SMILES string of the molecule is CC(=O)Nc1cnccc1N(CCCN(C)C)c1ccccc1C(=O)c1ccccc1. The Morgan fingerprint density at radius 1 is 0.903 bits per heavy atom. The number of rotatable bonds is 9. The predicted molar refractivity (Wildman–Crippen MR) is 125 cm³/mol. The van der Waals surface area contributed by atoms with Crippen LogP contribution < -0.4 is 10.2 Å². The van der Waals surface area contributed by atoms with Gasteiger partial charge in [-0.15, -0.1) is 0 Å². The molecule has 2 aromatic carbocycles. The number of aromatic nitrogens is 1. The number of hydrogen-bond donors (Lipinski definition) is 1. The zero-order valence-corrected chi connectivity index (χ0v) is 18.2. The molecule has 160 valence electrons. The maximum atomic E-state index is 13.3. The van der Waals surface area contributed by atoms with Gasteiger partial charge in [-0.1, -0.05) is 42.5 Å². The number of hydrogen-bond acceptors (Lipinski definition) is 5. The quantitative estimate of drug-likeness (QED) is 0.525. The van der Waals surface area contributed by atoms with Gasteiger partial charge in [0.15, 0.2) is 5.78 Å². The number of benzene rings is 2. The minimum Gasteiger partial charge on any atom is -0.339 e. The fourth-order valence-corrected chi connectivity index (χ4v) is 3.47. The van der Waals surface area contributed by atoms with Gasteiger partial charge < -0.3 is 15.1 Å². The van der Waals surface area contributed by atoms with Gasteiger partial charge in [0.05, 0.1) is 23.3 Å².